The van der Waals surface area contributed by atoms with E-state index >= 15 is 0 Å². The first kappa shape index (κ1) is 14.7. The highest BCUT2D eigenvalue weighted by Gasteiger charge is 2.51. The first-order valence-electron chi connectivity index (χ1n) is 7.89. The molecule has 2 bridgehead atoms. The molecule has 3 aliphatic rings. The molecule has 0 radical (unpaired) electrons. The molecule has 1 aliphatic heterocycles. The van der Waals surface area contributed by atoms with E-state index in [1.54, 1.807) is 0 Å². The predicted octanol–water partition coefficient (Wildman–Crippen LogP) is 1.05. The van der Waals surface area contributed by atoms with Gasteiger partial charge < -0.3 is 24.1 Å². The quantitative estimate of drug-likeness (QED) is 0.676. The van der Waals surface area contributed by atoms with E-state index in [0.29, 0.717) is 31.7 Å². The summed E-state index contributed by atoms with van der Waals surface area (Å²) in [7, 11) is 0. The predicted molar refractivity (Wildman–Crippen MR) is 72.2 cm³/mol. The Hall–Kier alpha value is -0.200. The highest BCUT2D eigenvalue weighted by molar-refractivity contribution is 4.98. The zero-order chi connectivity index (χ0) is 13.8. The number of hydrogen-bond acceptors (Lipinski definition) is 5. The van der Waals surface area contributed by atoms with Crippen LogP contribution in [0.15, 0.2) is 0 Å². The van der Waals surface area contributed by atoms with Gasteiger partial charge in [0.25, 0.3) is 0 Å². The SMILES string of the molecule is OCCOCCOCC1C2CCC(C2)C1C1OCCO1. The lowest BCUT2D eigenvalue weighted by atomic mass is 9.79. The summed E-state index contributed by atoms with van der Waals surface area (Å²) in [5.74, 6) is 2.66. The third kappa shape index (κ3) is 3.17. The van der Waals surface area contributed by atoms with Crippen LogP contribution in [-0.4, -0.2) is 57.6 Å². The van der Waals surface area contributed by atoms with Gasteiger partial charge in [-0.15, -0.1) is 0 Å². The van der Waals surface area contributed by atoms with Gasteiger partial charge in [0.2, 0.25) is 0 Å². The molecular weight excluding hydrogens is 260 g/mol. The van der Waals surface area contributed by atoms with Crippen molar-refractivity contribution < 1.29 is 24.1 Å². The second-order valence-electron chi connectivity index (χ2n) is 6.10. The highest BCUT2D eigenvalue weighted by atomic mass is 16.7. The topological polar surface area (TPSA) is 57.2 Å². The molecule has 0 aromatic rings. The molecule has 1 heterocycles. The highest BCUT2D eigenvalue weighted by Crippen LogP contribution is 2.54. The summed E-state index contributed by atoms with van der Waals surface area (Å²) >= 11 is 0. The van der Waals surface area contributed by atoms with Gasteiger partial charge in [0.05, 0.1) is 46.2 Å². The summed E-state index contributed by atoms with van der Waals surface area (Å²) in [6, 6.07) is 0. The Bertz CT molecular complexity index is 292. The van der Waals surface area contributed by atoms with Crippen molar-refractivity contribution in [3.8, 4) is 0 Å². The maximum absolute atomic E-state index is 8.63. The Balaban J connectivity index is 1.44. The number of rotatable bonds is 8. The molecule has 0 amide bonds. The molecule has 1 saturated heterocycles. The monoisotopic (exact) mass is 286 g/mol. The van der Waals surface area contributed by atoms with Crippen molar-refractivity contribution in [1.29, 1.82) is 0 Å². The summed E-state index contributed by atoms with van der Waals surface area (Å²) in [6.07, 6.45) is 3.99. The Labute approximate surface area is 120 Å². The Morgan fingerprint density at radius 1 is 0.950 bits per heavy atom. The van der Waals surface area contributed by atoms with Crippen LogP contribution in [-0.2, 0) is 18.9 Å². The van der Waals surface area contributed by atoms with E-state index in [0.717, 1.165) is 31.7 Å². The van der Waals surface area contributed by atoms with Gasteiger partial charge in [-0.2, -0.15) is 0 Å². The average molecular weight is 286 g/mol. The Morgan fingerprint density at radius 3 is 2.50 bits per heavy atom. The minimum Gasteiger partial charge on any atom is -0.394 e. The number of aliphatic hydroxyl groups is 1. The molecule has 2 saturated carbocycles. The third-order valence-corrected chi connectivity index (χ3v) is 5.04. The van der Waals surface area contributed by atoms with Crippen LogP contribution in [0.1, 0.15) is 19.3 Å². The second kappa shape index (κ2) is 7.18. The largest absolute Gasteiger partial charge is 0.394 e. The number of fused-ring (bicyclic) bond motifs is 2. The van der Waals surface area contributed by atoms with Gasteiger partial charge in [0, 0.05) is 5.92 Å². The van der Waals surface area contributed by atoms with Crippen molar-refractivity contribution >= 4 is 0 Å². The van der Waals surface area contributed by atoms with E-state index in [2.05, 4.69) is 0 Å². The summed E-state index contributed by atoms with van der Waals surface area (Å²) < 4.78 is 22.5. The average Bonchev–Trinajstić information content (AvgIpc) is 3.17. The van der Waals surface area contributed by atoms with E-state index in [1.807, 2.05) is 0 Å². The maximum Gasteiger partial charge on any atom is 0.161 e. The van der Waals surface area contributed by atoms with E-state index in [9.17, 15) is 0 Å². The van der Waals surface area contributed by atoms with Crippen LogP contribution in [0.3, 0.4) is 0 Å². The van der Waals surface area contributed by atoms with Crippen molar-refractivity contribution in [3.05, 3.63) is 0 Å². The maximum atomic E-state index is 8.63. The fourth-order valence-electron chi connectivity index (χ4n) is 4.23. The van der Waals surface area contributed by atoms with Gasteiger partial charge >= 0.3 is 0 Å². The van der Waals surface area contributed by atoms with E-state index in [1.165, 1.54) is 19.3 Å². The smallest absolute Gasteiger partial charge is 0.161 e. The summed E-state index contributed by atoms with van der Waals surface area (Å²) in [4.78, 5) is 0. The summed E-state index contributed by atoms with van der Waals surface area (Å²) in [6.45, 7) is 3.89. The van der Waals surface area contributed by atoms with Crippen LogP contribution in [0.4, 0.5) is 0 Å². The molecule has 0 spiro atoms. The second-order valence-corrected chi connectivity index (χ2v) is 6.10. The van der Waals surface area contributed by atoms with Gasteiger partial charge in [-0.3, -0.25) is 0 Å². The molecule has 3 rings (SSSR count). The van der Waals surface area contributed by atoms with Crippen molar-refractivity contribution in [2.75, 3.05) is 46.2 Å². The van der Waals surface area contributed by atoms with Crippen molar-refractivity contribution in [2.24, 2.45) is 23.7 Å². The molecule has 5 nitrogen and oxygen atoms in total. The zero-order valence-electron chi connectivity index (χ0n) is 12.0. The third-order valence-electron chi connectivity index (χ3n) is 5.04. The Morgan fingerprint density at radius 2 is 1.70 bits per heavy atom. The molecule has 0 aromatic heterocycles. The molecule has 2 aliphatic carbocycles. The fraction of sp³-hybridized carbons (Fsp3) is 1.00. The molecule has 0 aromatic carbocycles. The zero-order valence-corrected chi connectivity index (χ0v) is 12.0. The number of hydrogen-bond donors (Lipinski definition) is 1. The van der Waals surface area contributed by atoms with Crippen LogP contribution in [0, 0.1) is 23.7 Å². The van der Waals surface area contributed by atoms with Crippen LogP contribution >= 0.6 is 0 Å². The molecule has 4 unspecified atom stereocenters. The lowest BCUT2D eigenvalue weighted by Crippen LogP contribution is -2.36. The van der Waals surface area contributed by atoms with E-state index in [4.69, 9.17) is 24.1 Å². The van der Waals surface area contributed by atoms with Crippen LogP contribution in [0.5, 0.6) is 0 Å². The molecule has 5 heteroatoms. The standard InChI is InChI=1S/C15H26O5/c16-3-4-17-5-6-18-10-13-11-1-2-12(9-11)14(13)15-19-7-8-20-15/h11-16H,1-10H2. The van der Waals surface area contributed by atoms with Gasteiger partial charge in [-0.1, -0.05) is 0 Å². The lowest BCUT2D eigenvalue weighted by molar-refractivity contribution is -0.124. The van der Waals surface area contributed by atoms with Gasteiger partial charge in [0.15, 0.2) is 6.29 Å². The minimum absolute atomic E-state index is 0.00420. The van der Waals surface area contributed by atoms with Crippen LogP contribution in [0.2, 0.25) is 0 Å². The summed E-state index contributed by atoms with van der Waals surface area (Å²) in [5.41, 5.74) is 0. The molecule has 20 heavy (non-hydrogen) atoms. The minimum atomic E-state index is 0.00420. The summed E-state index contributed by atoms with van der Waals surface area (Å²) in [5, 5.41) is 8.63. The van der Waals surface area contributed by atoms with Crippen molar-refractivity contribution in [1.82, 2.24) is 0 Å². The van der Waals surface area contributed by atoms with Crippen LogP contribution in [0.25, 0.3) is 0 Å². The van der Waals surface area contributed by atoms with Crippen molar-refractivity contribution in [2.45, 2.75) is 25.6 Å². The molecule has 1 N–H and O–H groups in total. The van der Waals surface area contributed by atoms with E-state index in [-0.39, 0.29) is 12.9 Å². The molecule has 116 valence electrons. The Kier molecular flexibility index (Phi) is 5.29. The number of aliphatic hydroxyl groups excluding tert-OH is 1. The molecule has 3 fully saturated rings. The number of ether oxygens (including phenoxy) is 4. The van der Waals surface area contributed by atoms with Gasteiger partial charge in [0.1, 0.15) is 0 Å². The van der Waals surface area contributed by atoms with E-state index < -0.39 is 0 Å². The first-order chi connectivity index (χ1) is 9.90. The normalized spacial score (nSPS) is 37.0. The first-order valence-corrected chi connectivity index (χ1v) is 7.89. The van der Waals surface area contributed by atoms with Crippen LogP contribution < -0.4 is 0 Å². The van der Waals surface area contributed by atoms with Gasteiger partial charge in [-0.05, 0) is 37.0 Å². The molecular formula is C15H26O5. The molecule has 4 atom stereocenters. The van der Waals surface area contributed by atoms with Crippen molar-refractivity contribution in [3.63, 3.8) is 0 Å². The van der Waals surface area contributed by atoms with Gasteiger partial charge in [-0.25, -0.2) is 0 Å². The fourth-order valence-corrected chi connectivity index (χ4v) is 4.23. The lowest BCUT2D eigenvalue weighted by Gasteiger charge is -2.33.